The van der Waals surface area contributed by atoms with Crippen molar-refractivity contribution in [2.45, 2.75) is 13.0 Å². The molecule has 0 amide bonds. The van der Waals surface area contributed by atoms with Crippen LogP contribution in [-0.4, -0.2) is 25.0 Å². The van der Waals surface area contributed by atoms with Crippen molar-refractivity contribution in [3.8, 4) is 5.75 Å². The number of ether oxygens (including phenoxy) is 2. The molecule has 1 aromatic carbocycles. The Morgan fingerprint density at radius 1 is 1.47 bits per heavy atom. The van der Waals surface area contributed by atoms with Gasteiger partial charge in [-0.3, -0.25) is 4.79 Å². The van der Waals surface area contributed by atoms with Crippen molar-refractivity contribution in [1.29, 1.82) is 0 Å². The van der Waals surface area contributed by atoms with Crippen LogP contribution < -0.4 is 4.74 Å². The molecule has 1 atom stereocenters. The Hall–Kier alpha value is -1.84. The van der Waals surface area contributed by atoms with E-state index in [2.05, 4.69) is 4.74 Å². The van der Waals surface area contributed by atoms with E-state index in [1.807, 2.05) is 13.0 Å². The summed E-state index contributed by atoms with van der Waals surface area (Å²) in [5.41, 5.74) is 1.29. The van der Waals surface area contributed by atoms with Crippen molar-refractivity contribution in [2.24, 2.45) is 0 Å². The third-order valence-corrected chi connectivity index (χ3v) is 2.37. The van der Waals surface area contributed by atoms with E-state index >= 15 is 0 Å². The van der Waals surface area contributed by atoms with Gasteiger partial charge in [0.1, 0.15) is 5.75 Å². The van der Waals surface area contributed by atoms with Gasteiger partial charge in [0, 0.05) is 0 Å². The van der Waals surface area contributed by atoms with Gasteiger partial charge in [0.25, 0.3) is 6.10 Å². The molecule has 1 heterocycles. The zero-order chi connectivity index (χ0) is 11.0. The van der Waals surface area contributed by atoms with Gasteiger partial charge in [0.15, 0.2) is 0 Å². The number of Topliss-reactive ketones (excluding diaryl/α,β-unsaturated/α-hetero) is 1. The maximum atomic E-state index is 11.7. The summed E-state index contributed by atoms with van der Waals surface area (Å²) < 4.78 is 9.77. The van der Waals surface area contributed by atoms with Crippen molar-refractivity contribution in [2.75, 3.05) is 7.11 Å². The molecule has 0 aromatic heterocycles. The first kappa shape index (κ1) is 9.71. The Bertz CT molecular complexity index is 436. The van der Waals surface area contributed by atoms with E-state index in [-0.39, 0.29) is 5.78 Å². The van der Waals surface area contributed by atoms with Gasteiger partial charge in [-0.1, -0.05) is 12.1 Å². The van der Waals surface area contributed by atoms with Crippen LogP contribution in [0.2, 0.25) is 0 Å². The SMILES string of the molecule is COC(=O)C1Oc2c(C)cccc2C1=O. The number of hydrogen-bond acceptors (Lipinski definition) is 4. The monoisotopic (exact) mass is 206 g/mol. The van der Waals surface area contributed by atoms with Crippen LogP contribution in [-0.2, 0) is 9.53 Å². The van der Waals surface area contributed by atoms with Gasteiger partial charge in [-0.2, -0.15) is 0 Å². The number of para-hydroxylation sites is 1. The summed E-state index contributed by atoms with van der Waals surface area (Å²) in [6.45, 7) is 1.83. The maximum absolute atomic E-state index is 11.7. The number of fused-ring (bicyclic) bond motifs is 1. The summed E-state index contributed by atoms with van der Waals surface area (Å²) in [6, 6.07) is 5.23. The Morgan fingerprint density at radius 2 is 2.20 bits per heavy atom. The molecule has 2 rings (SSSR count). The van der Waals surface area contributed by atoms with Crippen molar-refractivity contribution in [1.82, 2.24) is 0 Å². The first-order valence-electron chi connectivity index (χ1n) is 4.53. The molecular formula is C11H10O4. The second-order valence-electron chi connectivity index (χ2n) is 3.34. The summed E-state index contributed by atoms with van der Waals surface area (Å²) in [7, 11) is 1.23. The van der Waals surface area contributed by atoms with E-state index in [9.17, 15) is 9.59 Å². The highest BCUT2D eigenvalue weighted by Crippen LogP contribution is 2.32. The van der Waals surface area contributed by atoms with Crippen LogP contribution in [0.1, 0.15) is 15.9 Å². The number of methoxy groups -OCH3 is 1. The Balaban J connectivity index is 2.41. The minimum atomic E-state index is -1.13. The molecule has 0 saturated carbocycles. The van der Waals surface area contributed by atoms with E-state index in [1.54, 1.807) is 12.1 Å². The zero-order valence-electron chi connectivity index (χ0n) is 8.44. The summed E-state index contributed by atoms with van der Waals surface area (Å²) >= 11 is 0. The number of carbonyl (C=O) groups is 2. The molecule has 0 N–H and O–H groups in total. The highest BCUT2D eigenvalue weighted by atomic mass is 16.6. The minimum Gasteiger partial charge on any atom is -0.469 e. The highest BCUT2D eigenvalue weighted by molar-refractivity contribution is 6.15. The number of ketones is 1. The van der Waals surface area contributed by atoms with Gasteiger partial charge in [-0.05, 0) is 18.6 Å². The number of esters is 1. The molecule has 0 radical (unpaired) electrons. The molecule has 1 aliphatic rings. The topological polar surface area (TPSA) is 52.6 Å². The normalized spacial score (nSPS) is 18.3. The lowest BCUT2D eigenvalue weighted by Crippen LogP contribution is -2.31. The van der Waals surface area contributed by atoms with Gasteiger partial charge in [-0.25, -0.2) is 4.79 Å². The first-order chi connectivity index (χ1) is 7.15. The molecule has 4 nitrogen and oxygen atoms in total. The van der Waals surface area contributed by atoms with Crippen LogP contribution in [0, 0.1) is 6.92 Å². The Kier molecular flexibility index (Phi) is 2.19. The predicted octanol–water partition coefficient (Wildman–Crippen LogP) is 1.11. The number of carbonyl (C=O) groups excluding carboxylic acids is 2. The molecule has 0 aliphatic carbocycles. The van der Waals surface area contributed by atoms with E-state index in [0.29, 0.717) is 11.3 Å². The molecule has 0 spiro atoms. The second kappa shape index (κ2) is 3.38. The van der Waals surface area contributed by atoms with Crippen LogP contribution in [0.15, 0.2) is 18.2 Å². The number of benzene rings is 1. The minimum absolute atomic E-state index is 0.333. The van der Waals surface area contributed by atoms with Crippen LogP contribution in [0.5, 0.6) is 5.75 Å². The van der Waals surface area contributed by atoms with Crippen molar-refractivity contribution in [3.05, 3.63) is 29.3 Å². The fraction of sp³-hybridized carbons (Fsp3) is 0.273. The Morgan fingerprint density at radius 3 is 2.80 bits per heavy atom. The van der Waals surface area contributed by atoms with E-state index in [0.717, 1.165) is 5.56 Å². The molecule has 0 saturated heterocycles. The average molecular weight is 206 g/mol. The molecule has 1 unspecified atom stereocenters. The van der Waals surface area contributed by atoms with Gasteiger partial charge in [-0.15, -0.1) is 0 Å². The Labute approximate surface area is 86.8 Å². The second-order valence-corrected chi connectivity index (χ2v) is 3.34. The maximum Gasteiger partial charge on any atom is 0.355 e. The summed E-state index contributed by atoms with van der Waals surface area (Å²) in [6.07, 6.45) is -1.13. The van der Waals surface area contributed by atoms with Gasteiger partial charge in [0.2, 0.25) is 5.78 Å². The van der Waals surface area contributed by atoms with Gasteiger partial charge >= 0.3 is 5.97 Å². The summed E-state index contributed by atoms with van der Waals surface area (Å²) in [5, 5.41) is 0. The number of hydrogen-bond donors (Lipinski definition) is 0. The summed E-state index contributed by atoms with van der Waals surface area (Å²) in [5.74, 6) is -0.506. The van der Waals surface area contributed by atoms with Crippen LogP contribution >= 0.6 is 0 Å². The third-order valence-electron chi connectivity index (χ3n) is 2.37. The highest BCUT2D eigenvalue weighted by Gasteiger charge is 2.39. The van der Waals surface area contributed by atoms with E-state index < -0.39 is 12.1 Å². The molecule has 0 bridgehead atoms. The lowest BCUT2D eigenvalue weighted by Gasteiger charge is -2.06. The number of aryl methyl sites for hydroxylation is 1. The lowest BCUT2D eigenvalue weighted by molar-refractivity contribution is -0.145. The first-order valence-corrected chi connectivity index (χ1v) is 4.53. The molecule has 0 fully saturated rings. The van der Waals surface area contributed by atoms with Crippen molar-refractivity contribution >= 4 is 11.8 Å². The molecule has 1 aliphatic heterocycles. The molecule has 4 heteroatoms. The lowest BCUT2D eigenvalue weighted by atomic mass is 10.1. The molecular weight excluding hydrogens is 196 g/mol. The molecule has 15 heavy (non-hydrogen) atoms. The van der Waals surface area contributed by atoms with Crippen molar-refractivity contribution in [3.63, 3.8) is 0 Å². The fourth-order valence-corrected chi connectivity index (χ4v) is 1.58. The molecule has 1 aromatic rings. The van der Waals surface area contributed by atoms with E-state index in [1.165, 1.54) is 7.11 Å². The summed E-state index contributed by atoms with van der Waals surface area (Å²) in [4.78, 5) is 23.0. The van der Waals surface area contributed by atoms with Crippen LogP contribution in [0.4, 0.5) is 0 Å². The fourth-order valence-electron chi connectivity index (χ4n) is 1.58. The number of rotatable bonds is 1. The largest absolute Gasteiger partial charge is 0.469 e. The third kappa shape index (κ3) is 1.38. The van der Waals surface area contributed by atoms with Gasteiger partial charge < -0.3 is 9.47 Å². The van der Waals surface area contributed by atoms with Crippen molar-refractivity contribution < 1.29 is 19.1 Å². The standard InChI is InChI=1S/C11H10O4/c1-6-4-3-5-7-8(12)10(11(13)14-2)15-9(6)7/h3-5,10H,1-2H3. The average Bonchev–Trinajstić information content (AvgIpc) is 2.57. The van der Waals surface area contributed by atoms with Crippen LogP contribution in [0.25, 0.3) is 0 Å². The zero-order valence-corrected chi connectivity index (χ0v) is 8.44. The molecule has 78 valence electrons. The predicted molar refractivity (Wildman–Crippen MR) is 51.9 cm³/mol. The van der Waals surface area contributed by atoms with Crippen LogP contribution in [0.3, 0.4) is 0 Å². The van der Waals surface area contributed by atoms with Gasteiger partial charge in [0.05, 0.1) is 12.7 Å². The smallest absolute Gasteiger partial charge is 0.355 e. The van der Waals surface area contributed by atoms with E-state index in [4.69, 9.17) is 4.74 Å². The quantitative estimate of drug-likeness (QED) is 0.510.